The maximum atomic E-state index is 13.5. The van der Waals surface area contributed by atoms with Crippen LogP contribution in [0.3, 0.4) is 0 Å². The van der Waals surface area contributed by atoms with Gasteiger partial charge in [-0.2, -0.15) is 4.98 Å². The number of rotatable bonds is 13. The molecule has 0 spiro atoms. The molecular formula is C45H48N4O7. The van der Waals surface area contributed by atoms with Crippen LogP contribution in [0.25, 0.3) is 34.0 Å². The van der Waals surface area contributed by atoms with Crippen LogP contribution >= 0.6 is 0 Å². The Kier molecular flexibility index (Phi) is 15.5. The number of aromatic nitrogens is 2. The monoisotopic (exact) mass is 756 g/mol. The highest BCUT2D eigenvalue weighted by Crippen LogP contribution is 2.30. The Hall–Kier alpha value is -6.75. The number of carboxylic acid groups (broad SMARTS) is 1. The van der Waals surface area contributed by atoms with Crippen LogP contribution in [0.1, 0.15) is 54.7 Å². The smallest absolute Gasteiger partial charge is 0.323 e. The molecule has 290 valence electrons. The van der Waals surface area contributed by atoms with E-state index in [1.165, 1.54) is 24.7 Å². The number of aliphatic carboxylic acids is 1. The number of hydrogen-bond acceptors (Lipinski definition) is 8. The van der Waals surface area contributed by atoms with Crippen LogP contribution in [0, 0.1) is 6.92 Å². The number of nitrogens with zero attached hydrogens (tertiary/aromatic N) is 3. The van der Waals surface area contributed by atoms with Crippen LogP contribution in [0.5, 0.6) is 11.5 Å². The van der Waals surface area contributed by atoms with E-state index in [0.29, 0.717) is 45.6 Å². The highest BCUT2D eigenvalue weighted by molar-refractivity contribution is 5.97. The predicted molar refractivity (Wildman–Crippen MR) is 219 cm³/mol. The molecule has 0 saturated heterocycles. The van der Waals surface area contributed by atoms with E-state index in [1.807, 2.05) is 52.0 Å². The van der Waals surface area contributed by atoms with Gasteiger partial charge in [0.05, 0.1) is 20.6 Å². The van der Waals surface area contributed by atoms with Crippen molar-refractivity contribution in [3.8, 4) is 45.5 Å². The summed E-state index contributed by atoms with van der Waals surface area (Å²) in [6.45, 7) is 9.60. The summed E-state index contributed by atoms with van der Waals surface area (Å²) in [4.78, 5) is 43.8. The van der Waals surface area contributed by atoms with E-state index in [-0.39, 0.29) is 24.4 Å². The lowest BCUT2D eigenvalue weighted by molar-refractivity contribution is -0.137. The van der Waals surface area contributed by atoms with Gasteiger partial charge in [0, 0.05) is 34.5 Å². The maximum Gasteiger partial charge on any atom is 0.323 e. The Balaban J connectivity index is 0.00000169. The molecule has 0 fully saturated rings. The molecule has 5 aromatic carbocycles. The van der Waals surface area contributed by atoms with Crippen LogP contribution in [0.2, 0.25) is 0 Å². The number of ether oxygens (including phenoxy) is 2. The summed E-state index contributed by atoms with van der Waals surface area (Å²) in [5.41, 5.74) is 6.96. The standard InChI is InChI=1S/C41H36N4O7.2C2H6/c1-26-7-11-28(12-8-26)29-15-17-31(18-16-29)40-43-39(44-52-40)30-13-9-27(10-14-30)24-45(25-38(47)48)41(49)32-19-21-33(22-20-32)42-37(46)23-34-35(50-2)5-4-6-36(34)51-3;2*1-2/h4-22H,23-25H2,1-3H3,(H,42,46)(H,47,48);2*1-2H3. The van der Waals surface area contributed by atoms with Gasteiger partial charge in [-0.05, 0) is 72.1 Å². The average molecular weight is 757 g/mol. The third-order valence-electron chi connectivity index (χ3n) is 8.42. The quantitative estimate of drug-likeness (QED) is 0.118. The van der Waals surface area contributed by atoms with Crippen molar-refractivity contribution in [2.75, 3.05) is 26.1 Å². The first-order chi connectivity index (χ1) is 27.2. The molecule has 0 aliphatic rings. The van der Waals surface area contributed by atoms with Gasteiger partial charge in [0.15, 0.2) is 0 Å². The molecule has 11 nitrogen and oxygen atoms in total. The Bertz CT molecular complexity index is 2160. The van der Waals surface area contributed by atoms with Crippen molar-refractivity contribution in [3.05, 3.63) is 138 Å². The second-order valence-electron chi connectivity index (χ2n) is 12.1. The number of carboxylic acids is 1. The summed E-state index contributed by atoms with van der Waals surface area (Å²) in [6, 6.07) is 35.0. The van der Waals surface area contributed by atoms with Crippen molar-refractivity contribution in [2.45, 2.75) is 47.6 Å². The number of hydrogen-bond donors (Lipinski definition) is 2. The second-order valence-corrected chi connectivity index (χ2v) is 12.1. The fraction of sp³-hybridized carbons (Fsp3) is 0.222. The van der Waals surface area contributed by atoms with E-state index >= 15 is 0 Å². The molecule has 0 aliphatic heterocycles. The minimum absolute atomic E-state index is 0.00963. The molecule has 0 saturated carbocycles. The summed E-state index contributed by atoms with van der Waals surface area (Å²) in [7, 11) is 3.04. The Labute approximate surface area is 327 Å². The molecule has 0 atom stereocenters. The first-order valence-electron chi connectivity index (χ1n) is 18.4. The number of nitrogens with one attached hydrogen (secondary N) is 1. The molecule has 0 radical (unpaired) electrons. The SMILES string of the molecule is CC.CC.COc1cccc(OC)c1CC(=O)Nc1ccc(C(=O)N(CC(=O)O)Cc2ccc(-c3noc(-c4ccc(-c5ccc(C)cc5)cc4)n3)cc2)cc1. The lowest BCUT2D eigenvalue weighted by Gasteiger charge is -2.21. The molecule has 1 aromatic heterocycles. The minimum Gasteiger partial charge on any atom is -0.496 e. The van der Waals surface area contributed by atoms with Crippen molar-refractivity contribution in [1.82, 2.24) is 15.0 Å². The number of carbonyl (C=O) groups excluding carboxylic acids is 2. The zero-order valence-corrected chi connectivity index (χ0v) is 32.8. The van der Waals surface area contributed by atoms with E-state index in [9.17, 15) is 19.5 Å². The lowest BCUT2D eigenvalue weighted by atomic mass is 10.0. The van der Waals surface area contributed by atoms with Crippen LogP contribution in [0.4, 0.5) is 5.69 Å². The number of benzene rings is 5. The zero-order valence-electron chi connectivity index (χ0n) is 32.8. The van der Waals surface area contributed by atoms with E-state index in [4.69, 9.17) is 14.0 Å². The van der Waals surface area contributed by atoms with E-state index in [0.717, 1.165) is 16.7 Å². The van der Waals surface area contributed by atoms with Gasteiger partial charge < -0.3 is 29.3 Å². The van der Waals surface area contributed by atoms with Crippen molar-refractivity contribution in [2.24, 2.45) is 0 Å². The number of amides is 2. The molecule has 2 N–H and O–H groups in total. The largest absolute Gasteiger partial charge is 0.496 e. The highest BCUT2D eigenvalue weighted by Gasteiger charge is 2.20. The number of aryl methyl sites for hydroxylation is 1. The van der Waals surface area contributed by atoms with E-state index in [2.05, 4.69) is 46.6 Å². The van der Waals surface area contributed by atoms with Crippen molar-refractivity contribution < 1.29 is 33.5 Å². The van der Waals surface area contributed by atoms with Crippen molar-refractivity contribution >= 4 is 23.5 Å². The van der Waals surface area contributed by atoms with Crippen LogP contribution in [-0.2, 0) is 22.6 Å². The van der Waals surface area contributed by atoms with Gasteiger partial charge in [-0.15, -0.1) is 0 Å². The zero-order chi connectivity index (χ0) is 40.6. The van der Waals surface area contributed by atoms with Gasteiger partial charge in [0.2, 0.25) is 11.7 Å². The third-order valence-corrected chi connectivity index (χ3v) is 8.42. The summed E-state index contributed by atoms with van der Waals surface area (Å²) in [5.74, 6) is -0.0762. The summed E-state index contributed by atoms with van der Waals surface area (Å²) >= 11 is 0. The molecule has 0 aliphatic carbocycles. The van der Waals surface area contributed by atoms with Crippen molar-refractivity contribution in [3.63, 3.8) is 0 Å². The molecular weight excluding hydrogens is 709 g/mol. The first-order valence-corrected chi connectivity index (χ1v) is 18.4. The average Bonchev–Trinajstić information content (AvgIpc) is 3.73. The highest BCUT2D eigenvalue weighted by atomic mass is 16.5. The molecule has 11 heteroatoms. The predicted octanol–water partition coefficient (Wildman–Crippen LogP) is 9.36. The number of methoxy groups -OCH3 is 2. The Morgan fingerprint density at radius 2 is 1.25 bits per heavy atom. The summed E-state index contributed by atoms with van der Waals surface area (Å²) in [6.07, 6.45) is 0.00963. The van der Waals surface area contributed by atoms with Crippen LogP contribution < -0.4 is 14.8 Å². The Morgan fingerprint density at radius 3 is 1.80 bits per heavy atom. The van der Waals surface area contributed by atoms with Gasteiger partial charge in [-0.1, -0.05) is 105 Å². The van der Waals surface area contributed by atoms with E-state index in [1.54, 1.807) is 66.7 Å². The van der Waals surface area contributed by atoms with Crippen LogP contribution in [-0.4, -0.2) is 58.7 Å². The molecule has 1 heterocycles. The third kappa shape index (κ3) is 10.9. The summed E-state index contributed by atoms with van der Waals surface area (Å²) < 4.78 is 16.3. The lowest BCUT2D eigenvalue weighted by Crippen LogP contribution is -2.35. The fourth-order valence-corrected chi connectivity index (χ4v) is 5.70. The number of carbonyl (C=O) groups is 3. The van der Waals surface area contributed by atoms with Gasteiger partial charge in [-0.3, -0.25) is 14.4 Å². The van der Waals surface area contributed by atoms with Gasteiger partial charge in [-0.25, -0.2) is 0 Å². The molecule has 0 unspecified atom stereocenters. The minimum atomic E-state index is -1.15. The maximum absolute atomic E-state index is 13.5. The van der Waals surface area contributed by atoms with Crippen molar-refractivity contribution in [1.29, 1.82) is 0 Å². The first kappa shape index (κ1) is 42.0. The normalized spacial score (nSPS) is 10.2. The van der Waals surface area contributed by atoms with Crippen LogP contribution in [0.15, 0.2) is 120 Å². The van der Waals surface area contributed by atoms with Gasteiger partial charge in [0.1, 0.15) is 18.0 Å². The topological polar surface area (TPSA) is 144 Å². The fourth-order valence-electron chi connectivity index (χ4n) is 5.70. The second kappa shape index (κ2) is 20.6. The van der Waals surface area contributed by atoms with Gasteiger partial charge in [0.25, 0.3) is 11.8 Å². The molecule has 56 heavy (non-hydrogen) atoms. The molecule has 6 aromatic rings. The molecule has 6 rings (SSSR count). The number of anilines is 1. The Morgan fingerprint density at radius 1 is 0.714 bits per heavy atom. The molecule has 0 bridgehead atoms. The summed E-state index contributed by atoms with van der Waals surface area (Å²) in [5, 5.41) is 16.5. The van der Waals surface area contributed by atoms with Gasteiger partial charge >= 0.3 is 5.97 Å². The molecule has 2 amide bonds. The van der Waals surface area contributed by atoms with E-state index < -0.39 is 18.4 Å².